The van der Waals surface area contributed by atoms with Crippen LogP contribution in [0, 0.1) is 0 Å². The molecule has 0 saturated carbocycles. The zero-order valence-electron chi connectivity index (χ0n) is 16.2. The number of benzene rings is 3. The number of amides is 1. The Kier molecular flexibility index (Phi) is 7.55. The summed E-state index contributed by atoms with van der Waals surface area (Å²) < 4.78 is 5.19. The molecule has 0 aliphatic carbocycles. The topological polar surface area (TPSA) is 58.6 Å². The Hall–Kier alpha value is -3.44. The van der Waals surface area contributed by atoms with E-state index in [1.165, 1.54) is 0 Å². The van der Waals surface area contributed by atoms with Crippen molar-refractivity contribution in [3.05, 3.63) is 102 Å². The first-order valence-electron chi connectivity index (χ1n) is 9.50. The Balaban J connectivity index is 1.54. The molecule has 0 saturated heterocycles. The van der Waals surface area contributed by atoms with Crippen LogP contribution in [0.2, 0.25) is 0 Å². The van der Waals surface area contributed by atoms with Gasteiger partial charge in [-0.25, -0.2) is 0 Å². The van der Waals surface area contributed by atoms with Gasteiger partial charge < -0.3 is 10.1 Å². The molecule has 1 amide bonds. The molecular weight excluding hydrogens is 364 g/mol. The normalized spacial score (nSPS) is 10.5. The van der Waals surface area contributed by atoms with Gasteiger partial charge in [0.05, 0.1) is 6.54 Å². The number of esters is 1. The molecule has 0 aliphatic rings. The van der Waals surface area contributed by atoms with E-state index in [9.17, 15) is 9.59 Å². The van der Waals surface area contributed by atoms with E-state index in [0.29, 0.717) is 18.8 Å². The predicted octanol–water partition coefficient (Wildman–Crippen LogP) is 3.87. The van der Waals surface area contributed by atoms with Crippen LogP contribution in [0.3, 0.4) is 0 Å². The Bertz CT molecular complexity index is 858. The summed E-state index contributed by atoms with van der Waals surface area (Å²) in [5.41, 5.74) is 2.89. The number of para-hydroxylation sites is 1. The lowest BCUT2D eigenvalue weighted by molar-refractivity contribution is -0.148. The largest absolute Gasteiger partial charge is 0.455 e. The highest BCUT2D eigenvalue weighted by Gasteiger charge is 2.15. The molecule has 1 N–H and O–H groups in total. The number of anilines is 1. The maximum Gasteiger partial charge on any atom is 0.320 e. The summed E-state index contributed by atoms with van der Waals surface area (Å²) in [6, 6.07) is 29.0. The van der Waals surface area contributed by atoms with Crippen molar-refractivity contribution >= 4 is 17.6 Å². The second-order valence-electron chi connectivity index (χ2n) is 6.69. The first-order chi connectivity index (χ1) is 14.2. The molecule has 3 aromatic rings. The van der Waals surface area contributed by atoms with Crippen molar-refractivity contribution in [3.63, 3.8) is 0 Å². The average Bonchev–Trinajstić information content (AvgIpc) is 2.74. The summed E-state index contributed by atoms with van der Waals surface area (Å²) in [6.07, 6.45) is 0. The highest BCUT2D eigenvalue weighted by molar-refractivity contribution is 5.92. The Morgan fingerprint density at radius 3 is 1.72 bits per heavy atom. The van der Waals surface area contributed by atoms with Gasteiger partial charge in [0.15, 0.2) is 6.61 Å². The molecular formula is C24H24N2O3. The van der Waals surface area contributed by atoms with Crippen LogP contribution in [0.1, 0.15) is 11.1 Å². The van der Waals surface area contributed by atoms with Crippen LogP contribution < -0.4 is 5.32 Å². The van der Waals surface area contributed by atoms with Crippen LogP contribution in [-0.2, 0) is 27.4 Å². The number of nitrogens with zero attached hydrogens (tertiary/aromatic N) is 1. The Labute approximate surface area is 170 Å². The molecule has 0 aromatic heterocycles. The van der Waals surface area contributed by atoms with Gasteiger partial charge in [0, 0.05) is 18.8 Å². The van der Waals surface area contributed by atoms with Crippen LogP contribution in [0.5, 0.6) is 0 Å². The number of carbonyl (C=O) groups excluding carboxylic acids is 2. The zero-order chi connectivity index (χ0) is 20.3. The Morgan fingerprint density at radius 1 is 0.724 bits per heavy atom. The third-order valence-electron chi connectivity index (χ3n) is 4.27. The fraction of sp³-hybridized carbons (Fsp3) is 0.167. The molecule has 148 valence electrons. The maximum atomic E-state index is 12.3. The van der Waals surface area contributed by atoms with E-state index in [1.54, 1.807) is 12.1 Å². The lowest BCUT2D eigenvalue weighted by atomic mass is 10.1. The molecule has 5 heteroatoms. The minimum absolute atomic E-state index is 0.0996. The molecule has 3 rings (SSSR count). The number of nitrogens with one attached hydrogen (secondary N) is 1. The molecule has 0 heterocycles. The molecule has 0 fully saturated rings. The molecule has 0 aliphatic heterocycles. The smallest absolute Gasteiger partial charge is 0.320 e. The van der Waals surface area contributed by atoms with E-state index in [0.717, 1.165) is 11.1 Å². The number of carbonyl (C=O) groups is 2. The third-order valence-corrected chi connectivity index (χ3v) is 4.27. The van der Waals surface area contributed by atoms with Crippen LogP contribution in [0.4, 0.5) is 5.69 Å². The summed E-state index contributed by atoms with van der Waals surface area (Å²) in [7, 11) is 0. The van der Waals surface area contributed by atoms with Gasteiger partial charge in [-0.1, -0.05) is 78.9 Å². The van der Waals surface area contributed by atoms with Crippen LogP contribution in [0.15, 0.2) is 91.0 Å². The van der Waals surface area contributed by atoms with Crippen molar-refractivity contribution in [2.75, 3.05) is 18.5 Å². The van der Waals surface area contributed by atoms with Crippen molar-refractivity contribution in [1.82, 2.24) is 4.90 Å². The predicted molar refractivity (Wildman–Crippen MR) is 113 cm³/mol. The zero-order valence-corrected chi connectivity index (χ0v) is 16.2. The number of hydrogen-bond acceptors (Lipinski definition) is 4. The van der Waals surface area contributed by atoms with Gasteiger partial charge in [-0.15, -0.1) is 0 Å². The molecule has 0 radical (unpaired) electrons. The van der Waals surface area contributed by atoms with Gasteiger partial charge in [0.2, 0.25) is 0 Å². The third kappa shape index (κ3) is 7.24. The molecule has 5 nitrogen and oxygen atoms in total. The fourth-order valence-corrected chi connectivity index (χ4v) is 2.94. The monoisotopic (exact) mass is 388 g/mol. The second-order valence-corrected chi connectivity index (χ2v) is 6.69. The first-order valence-corrected chi connectivity index (χ1v) is 9.50. The molecule has 0 bridgehead atoms. The lowest BCUT2D eigenvalue weighted by Crippen LogP contribution is -2.32. The Morgan fingerprint density at radius 2 is 1.21 bits per heavy atom. The van der Waals surface area contributed by atoms with Crippen molar-refractivity contribution in [2.45, 2.75) is 13.1 Å². The first kappa shape index (κ1) is 20.3. The van der Waals surface area contributed by atoms with Crippen LogP contribution >= 0.6 is 0 Å². The van der Waals surface area contributed by atoms with Gasteiger partial charge in [-0.2, -0.15) is 0 Å². The highest BCUT2D eigenvalue weighted by Crippen LogP contribution is 2.10. The van der Waals surface area contributed by atoms with Gasteiger partial charge in [0.1, 0.15) is 0 Å². The van der Waals surface area contributed by atoms with E-state index in [1.807, 2.05) is 83.8 Å². The van der Waals surface area contributed by atoms with E-state index >= 15 is 0 Å². The molecule has 0 unspecified atom stereocenters. The van der Waals surface area contributed by atoms with Crippen molar-refractivity contribution < 1.29 is 14.3 Å². The van der Waals surface area contributed by atoms with E-state index in [2.05, 4.69) is 5.32 Å². The summed E-state index contributed by atoms with van der Waals surface area (Å²) >= 11 is 0. The molecule has 0 spiro atoms. The van der Waals surface area contributed by atoms with Crippen molar-refractivity contribution in [3.8, 4) is 0 Å². The van der Waals surface area contributed by atoms with Crippen LogP contribution in [0.25, 0.3) is 0 Å². The van der Waals surface area contributed by atoms with Gasteiger partial charge in [-0.05, 0) is 23.3 Å². The molecule has 0 atom stereocenters. The van der Waals surface area contributed by atoms with Gasteiger partial charge in [0.25, 0.3) is 5.91 Å². The summed E-state index contributed by atoms with van der Waals surface area (Å²) in [4.78, 5) is 26.3. The second kappa shape index (κ2) is 10.8. The van der Waals surface area contributed by atoms with Gasteiger partial charge in [-0.3, -0.25) is 14.5 Å². The SMILES string of the molecule is O=C(COC(=O)CN(Cc1ccccc1)Cc1ccccc1)Nc1ccccc1. The van der Waals surface area contributed by atoms with E-state index < -0.39 is 5.97 Å². The minimum atomic E-state index is -0.430. The van der Waals surface area contributed by atoms with Crippen molar-refractivity contribution in [2.24, 2.45) is 0 Å². The fourth-order valence-electron chi connectivity index (χ4n) is 2.94. The standard InChI is InChI=1S/C24H24N2O3/c27-23(25-22-14-8-3-9-15-22)19-29-24(28)18-26(16-20-10-4-1-5-11-20)17-21-12-6-2-7-13-21/h1-15H,16-19H2,(H,25,27). The quantitative estimate of drug-likeness (QED) is 0.566. The highest BCUT2D eigenvalue weighted by atomic mass is 16.5. The number of rotatable bonds is 9. The lowest BCUT2D eigenvalue weighted by Gasteiger charge is -2.21. The van der Waals surface area contributed by atoms with Crippen molar-refractivity contribution in [1.29, 1.82) is 0 Å². The maximum absolute atomic E-state index is 12.3. The van der Waals surface area contributed by atoms with Crippen LogP contribution in [-0.4, -0.2) is 29.9 Å². The number of hydrogen-bond donors (Lipinski definition) is 1. The average molecular weight is 388 g/mol. The summed E-state index contributed by atoms with van der Waals surface area (Å²) in [5.74, 6) is -0.790. The van der Waals surface area contributed by atoms with E-state index in [4.69, 9.17) is 4.74 Å². The van der Waals surface area contributed by atoms with Gasteiger partial charge >= 0.3 is 5.97 Å². The summed E-state index contributed by atoms with van der Waals surface area (Å²) in [5, 5.41) is 2.70. The molecule has 3 aromatic carbocycles. The summed E-state index contributed by atoms with van der Waals surface area (Å²) in [6.45, 7) is 1.02. The van der Waals surface area contributed by atoms with E-state index in [-0.39, 0.29) is 19.1 Å². The number of ether oxygens (including phenoxy) is 1. The molecule has 29 heavy (non-hydrogen) atoms. The minimum Gasteiger partial charge on any atom is -0.455 e.